The van der Waals surface area contributed by atoms with Crippen molar-refractivity contribution in [2.75, 3.05) is 7.05 Å². The fourth-order valence-corrected chi connectivity index (χ4v) is 1.99. The average molecular weight is 211 g/mol. The summed E-state index contributed by atoms with van der Waals surface area (Å²) in [6, 6.07) is 1.90. The molecule has 0 amide bonds. The molecule has 0 saturated heterocycles. The summed E-state index contributed by atoms with van der Waals surface area (Å²) < 4.78 is 0. The minimum atomic E-state index is 0.795. The smallest absolute Gasteiger partial charge is 0.0975 e. The Morgan fingerprint density at radius 2 is 2.19 bits per heavy atom. The number of aromatic nitrogens is 1. The van der Waals surface area contributed by atoms with Crippen LogP contribution in [0.2, 0.25) is 0 Å². The highest BCUT2D eigenvalue weighted by Crippen LogP contribution is 2.25. The van der Waals surface area contributed by atoms with Gasteiger partial charge < -0.3 is 0 Å². The molecule has 1 heterocycles. The van der Waals surface area contributed by atoms with Crippen LogP contribution in [-0.4, -0.2) is 25.0 Å². The summed E-state index contributed by atoms with van der Waals surface area (Å²) in [6.45, 7) is 9.64. The molecule has 1 aliphatic rings. The van der Waals surface area contributed by atoms with Crippen LogP contribution in [0, 0.1) is 0 Å². The van der Waals surface area contributed by atoms with Crippen LogP contribution in [0.3, 0.4) is 0 Å². The minimum absolute atomic E-state index is 0.795. The topological polar surface area (TPSA) is 37.6 Å². The number of nitrogens with zero attached hydrogens (tertiary/aromatic N) is 3. The average Bonchev–Trinajstić information content (AvgIpc) is 2.54. The van der Waals surface area contributed by atoms with Crippen molar-refractivity contribution >= 4 is 30.8 Å². The van der Waals surface area contributed by atoms with Crippen LogP contribution in [0.4, 0.5) is 0 Å². The maximum atomic E-state index is 4.34. The highest BCUT2D eigenvalue weighted by Gasteiger charge is 2.19. The monoisotopic (exact) mass is 211 g/mol. The van der Waals surface area contributed by atoms with Crippen molar-refractivity contribution in [1.29, 1.82) is 0 Å². The summed E-state index contributed by atoms with van der Waals surface area (Å²) in [5.74, 6) is 0. The van der Waals surface area contributed by atoms with E-state index in [0.29, 0.717) is 0 Å². The molecule has 3 nitrogen and oxygen atoms in total. The van der Waals surface area contributed by atoms with Gasteiger partial charge in [0.05, 0.1) is 11.4 Å². The lowest BCUT2D eigenvalue weighted by atomic mass is 10.1. The van der Waals surface area contributed by atoms with Crippen molar-refractivity contribution in [3.63, 3.8) is 0 Å². The zero-order valence-electron chi connectivity index (χ0n) is 9.49. The van der Waals surface area contributed by atoms with Crippen molar-refractivity contribution in [1.82, 2.24) is 4.98 Å². The Balaban J connectivity index is 2.89. The van der Waals surface area contributed by atoms with Gasteiger partial charge in [-0.1, -0.05) is 6.58 Å². The van der Waals surface area contributed by atoms with E-state index >= 15 is 0 Å². The van der Waals surface area contributed by atoms with Crippen molar-refractivity contribution in [2.24, 2.45) is 9.98 Å². The quantitative estimate of drug-likeness (QED) is 0.666. The van der Waals surface area contributed by atoms with Crippen molar-refractivity contribution in [3.05, 3.63) is 34.0 Å². The maximum Gasteiger partial charge on any atom is 0.0975 e. The van der Waals surface area contributed by atoms with Crippen LogP contribution in [-0.2, 0) is 0 Å². The number of rotatable bonds is 2. The summed E-state index contributed by atoms with van der Waals surface area (Å²) in [7, 11) is 1.74. The summed E-state index contributed by atoms with van der Waals surface area (Å²) in [5, 5.41) is 2.02. The van der Waals surface area contributed by atoms with Gasteiger partial charge in [-0.25, -0.2) is 0 Å². The molecule has 1 aromatic heterocycles. The highest BCUT2D eigenvalue weighted by molar-refractivity contribution is 6.07. The lowest BCUT2D eigenvalue weighted by molar-refractivity contribution is 1.22. The predicted octanol–water partition coefficient (Wildman–Crippen LogP) is 0.788. The standard InChI is InChI=1S/C13H13N3/c1-8-5-6-16-13-11(8)9(2)10(7-14-3)12(13)15-4/h5-7H,1,4H2,2-3H3. The second-order valence-corrected chi connectivity index (χ2v) is 3.63. The van der Waals surface area contributed by atoms with Crippen molar-refractivity contribution in [3.8, 4) is 0 Å². The van der Waals surface area contributed by atoms with Crippen molar-refractivity contribution in [2.45, 2.75) is 6.92 Å². The van der Waals surface area contributed by atoms with E-state index in [1.54, 1.807) is 19.5 Å². The van der Waals surface area contributed by atoms with E-state index in [9.17, 15) is 0 Å². The van der Waals surface area contributed by atoms with Crippen LogP contribution in [0.5, 0.6) is 0 Å². The van der Waals surface area contributed by atoms with Gasteiger partial charge in [0, 0.05) is 30.3 Å². The number of allylic oxidation sites excluding steroid dienone is 1. The molecule has 0 saturated carbocycles. The molecule has 0 aliphatic heterocycles. The SMILES string of the molecule is C=NC1=C(C=NC)C(C)=c2c1nccc2=C. The molecule has 80 valence electrons. The Hall–Kier alpha value is -2.03. The van der Waals surface area contributed by atoms with E-state index in [-0.39, 0.29) is 0 Å². The van der Waals surface area contributed by atoms with Gasteiger partial charge in [0.25, 0.3) is 0 Å². The predicted molar refractivity (Wildman–Crippen MR) is 69.0 cm³/mol. The van der Waals surface area contributed by atoms with Crippen LogP contribution in [0.1, 0.15) is 12.6 Å². The van der Waals surface area contributed by atoms with Gasteiger partial charge in [-0.05, 0) is 30.5 Å². The molecular weight excluding hydrogens is 198 g/mol. The molecule has 1 aromatic rings. The molecule has 0 N–H and O–H groups in total. The first-order chi connectivity index (χ1) is 7.70. The Kier molecular flexibility index (Phi) is 2.52. The summed E-state index contributed by atoms with van der Waals surface area (Å²) >= 11 is 0. The zero-order valence-corrected chi connectivity index (χ0v) is 9.49. The lowest BCUT2D eigenvalue weighted by Gasteiger charge is -1.98. The Morgan fingerprint density at radius 1 is 1.44 bits per heavy atom. The third-order valence-electron chi connectivity index (χ3n) is 2.71. The van der Waals surface area contributed by atoms with Crippen molar-refractivity contribution < 1.29 is 0 Å². The lowest BCUT2D eigenvalue weighted by Crippen LogP contribution is -2.27. The van der Waals surface area contributed by atoms with Crippen LogP contribution in [0.25, 0.3) is 17.8 Å². The van der Waals surface area contributed by atoms with Gasteiger partial charge in [0.2, 0.25) is 0 Å². The molecule has 1 aliphatic carbocycles. The molecular formula is C13H13N3. The Labute approximate surface area is 94.3 Å². The number of hydrogen-bond acceptors (Lipinski definition) is 3. The van der Waals surface area contributed by atoms with Gasteiger partial charge in [0.1, 0.15) is 0 Å². The summed E-state index contributed by atoms with van der Waals surface area (Å²) in [6.07, 6.45) is 3.53. The van der Waals surface area contributed by atoms with Gasteiger partial charge in [-0.2, -0.15) is 0 Å². The van der Waals surface area contributed by atoms with Gasteiger partial charge in [-0.15, -0.1) is 0 Å². The second-order valence-electron chi connectivity index (χ2n) is 3.63. The third kappa shape index (κ3) is 1.33. The minimum Gasteiger partial charge on any atom is -0.296 e. The fourth-order valence-electron chi connectivity index (χ4n) is 1.99. The summed E-state index contributed by atoms with van der Waals surface area (Å²) in [5.41, 5.74) is 3.75. The van der Waals surface area contributed by atoms with E-state index < -0.39 is 0 Å². The molecule has 0 aromatic carbocycles. The Bertz CT molecular complexity index is 621. The molecule has 0 radical (unpaired) electrons. The van der Waals surface area contributed by atoms with Gasteiger partial charge in [-0.3, -0.25) is 15.0 Å². The first-order valence-corrected chi connectivity index (χ1v) is 4.99. The molecule has 2 rings (SSSR count). The number of hydrogen-bond donors (Lipinski definition) is 0. The molecule has 16 heavy (non-hydrogen) atoms. The summed E-state index contributed by atoms with van der Waals surface area (Å²) in [4.78, 5) is 12.4. The molecule has 0 fully saturated rings. The first-order valence-electron chi connectivity index (χ1n) is 4.99. The van der Waals surface area contributed by atoms with E-state index in [1.807, 2.05) is 13.0 Å². The molecule has 0 unspecified atom stereocenters. The van der Waals surface area contributed by atoms with E-state index in [2.05, 4.69) is 28.3 Å². The normalized spacial score (nSPS) is 14.8. The molecule has 0 atom stereocenters. The van der Waals surface area contributed by atoms with Crippen LogP contribution in [0.15, 0.2) is 27.8 Å². The number of pyridine rings is 1. The Morgan fingerprint density at radius 3 is 2.81 bits per heavy atom. The van der Waals surface area contributed by atoms with E-state index in [0.717, 1.165) is 33.0 Å². The fraction of sp³-hybridized carbons (Fsp3) is 0.154. The van der Waals surface area contributed by atoms with Crippen LogP contribution >= 0.6 is 0 Å². The first kappa shape index (κ1) is 10.5. The van der Waals surface area contributed by atoms with E-state index in [1.165, 1.54) is 0 Å². The van der Waals surface area contributed by atoms with Gasteiger partial charge >= 0.3 is 0 Å². The van der Waals surface area contributed by atoms with E-state index in [4.69, 9.17) is 0 Å². The second kappa shape index (κ2) is 3.85. The molecule has 0 spiro atoms. The third-order valence-corrected chi connectivity index (χ3v) is 2.71. The number of aliphatic imine (C=N–C) groups is 2. The number of fused-ring (bicyclic) bond motifs is 1. The molecule has 3 heteroatoms. The van der Waals surface area contributed by atoms with Gasteiger partial charge in [0.15, 0.2) is 0 Å². The maximum absolute atomic E-state index is 4.34. The van der Waals surface area contributed by atoms with Crippen LogP contribution < -0.4 is 10.4 Å². The molecule has 0 bridgehead atoms. The zero-order chi connectivity index (χ0) is 11.7. The largest absolute Gasteiger partial charge is 0.296 e. The highest BCUT2D eigenvalue weighted by atomic mass is 14.8.